The summed E-state index contributed by atoms with van der Waals surface area (Å²) in [5, 5.41) is 11.5. The molecule has 2 rings (SSSR count). The molecule has 3 nitrogen and oxygen atoms in total. The summed E-state index contributed by atoms with van der Waals surface area (Å²) in [6.07, 6.45) is -2.85. The van der Waals surface area contributed by atoms with E-state index in [0.29, 0.717) is 17.7 Å². The zero-order valence-electron chi connectivity index (χ0n) is 9.16. The molecule has 1 heterocycles. The summed E-state index contributed by atoms with van der Waals surface area (Å²) in [6, 6.07) is 3.90. The first-order chi connectivity index (χ1) is 8.38. The fraction of sp³-hybridized carbons (Fsp3) is 0.250. The summed E-state index contributed by atoms with van der Waals surface area (Å²) in [4.78, 5) is 10.7. The molecule has 0 unspecified atom stereocenters. The number of hydrogen-bond donors (Lipinski definition) is 2. The Balaban J connectivity index is 2.21. The van der Waals surface area contributed by atoms with Crippen molar-refractivity contribution < 1.29 is 23.1 Å². The van der Waals surface area contributed by atoms with E-state index in [2.05, 4.69) is 5.32 Å². The maximum atomic E-state index is 12.4. The third-order valence-corrected chi connectivity index (χ3v) is 2.73. The molecule has 0 saturated carbocycles. The molecular weight excluding hydrogens is 247 g/mol. The van der Waals surface area contributed by atoms with Crippen LogP contribution in [0.25, 0.3) is 5.57 Å². The van der Waals surface area contributed by atoms with Gasteiger partial charge in [-0.15, -0.1) is 0 Å². The van der Waals surface area contributed by atoms with Crippen molar-refractivity contribution in [2.45, 2.75) is 12.2 Å². The van der Waals surface area contributed by atoms with E-state index in [4.69, 9.17) is 5.11 Å². The number of benzene rings is 1. The highest BCUT2D eigenvalue weighted by atomic mass is 19.4. The van der Waals surface area contributed by atoms with Crippen LogP contribution in [0, 0.1) is 0 Å². The van der Waals surface area contributed by atoms with Gasteiger partial charge in [0.1, 0.15) is 6.04 Å². The van der Waals surface area contributed by atoms with Crippen molar-refractivity contribution >= 4 is 11.5 Å². The van der Waals surface area contributed by atoms with Crippen LogP contribution in [-0.4, -0.2) is 23.7 Å². The molecule has 1 aliphatic heterocycles. The summed E-state index contributed by atoms with van der Waals surface area (Å²) in [5.41, 5.74) is 0.572. The first-order valence-electron chi connectivity index (χ1n) is 5.22. The topological polar surface area (TPSA) is 49.3 Å². The van der Waals surface area contributed by atoms with Gasteiger partial charge in [-0.3, -0.25) is 10.1 Å². The number of halogens is 3. The summed E-state index contributed by atoms with van der Waals surface area (Å²) in [5.74, 6) is -1.00. The van der Waals surface area contributed by atoms with Crippen LogP contribution in [0.15, 0.2) is 30.3 Å². The SMILES string of the molecule is O=C(O)[C@@H]1C=C(c2ccc(C(F)(F)F)cc2)CN1. The average molecular weight is 257 g/mol. The van der Waals surface area contributed by atoms with Crippen LogP contribution in [0.3, 0.4) is 0 Å². The molecule has 0 amide bonds. The number of nitrogens with one attached hydrogen (secondary N) is 1. The lowest BCUT2D eigenvalue weighted by atomic mass is 10.0. The molecule has 1 aromatic rings. The second kappa shape index (κ2) is 4.45. The summed E-state index contributed by atoms with van der Waals surface area (Å²) in [6.45, 7) is 0.336. The van der Waals surface area contributed by atoms with Crippen molar-refractivity contribution in [1.29, 1.82) is 0 Å². The molecule has 6 heteroatoms. The largest absolute Gasteiger partial charge is 0.480 e. The van der Waals surface area contributed by atoms with Crippen molar-refractivity contribution in [3.63, 3.8) is 0 Å². The lowest BCUT2D eigenvalue weighted by Crippen LogP contribution is -2.30. The van der Waals surface area contributed by atoms with Crippen LogP contribution in [0.4, 0.5) is 13.2 Å². The number of carbonyl (C=O) groups is 1. The first-order valence-corrected chi connectivity index (χ1v) is 5.22. The Labute approximate surface area is 101 Å². The predicted molar refractivity (Wildman–Crippen MR) is 58.8 cm³/mol. The second-order valence-electron chi connectivity index (χ2n) is 3.96. The number of carboxylic acids is 1. The van der Waals surface area contributed by atoms with Crippen molar-refractivity contribution in [3.8, 4) is 0 Å². The number of hydrogen-bond acceptors (Lipinski definition) is 2. The molecule has 96 valence electrons. The molecule has 0 saturated heterocycles. The molecule has 0 spiro atoms. The lowest BCUT2D eigenvalue weighted by molar-refractivity contribution is -0.138. The predicted octanol–water partition coefficient (Wildman–Crippen LogP) is 2.15. The molecule has 0 bridgehead atoms. The molecule has 1 atom stereocenters. The highest BCUT2D eigenvalue weighted by molar-refractivity contribution is 5.83. The Bertz CT molecular complexity index is 491. The Morgan fingerprint density at radius 2 is 1.89 bits per heavy atom. The summed E-state index contributed by atoms with van der Waals surface area (Å²) in [7, 11) is 0. The quantitative estimate of drug-likeness (QED) is 0.853. The minimum absolute atomic E-state index is 0.336. The highest BCUT2D eigenvalue weighted by Crippen LogP contribution is 2.30. The zero-order valence-corrected chi connectivity index (χ0v) is 9.16. The van der Waals surface area contributed by atoms with Gasteiger partial charge in [0.25, 0.3) is 0 Å². The highest BCUT2D eigenvalue weighted by Gasteiger charge is 2.30. The van der Waals surface area contributed by atoms with Crippen molar-refractivity contribution in [1.82, 2.24) is 5.32 Å². The van der Waals surface area contributed by atoms with Gasteiger partial charge in [-0.05, 0) is 23.3 Å². The zero-order chi connectivity index (χ0) is 13.3. The Morgan fingerprint density at radius 3 is 2.33 bits per heavy atom. The van der Waals surface area contributed by atoms with E-state index >= 15 is 0 Å². The monoisotopic (exact) mass is 257 g/mol. The maximum Gasteiger partial charge on any atom is 0.416 e. The number of rotatable bonds is 2. The van der Waals surface area contributed by atoms with Gasteiger partial charge in [0.15, 0.2) is 0 Å². The molecule has 18 heavy (non-hydrogen) atoms. The van der Waals surface area contributed by atoms with E-state index in [1.54, 1.807) is 0 Å². The van der Waals surface area contributed by atoms with Gasteiger partial charge in [-0.2, -0.15) is 13.2 Å². The summed E-state index contributed by atoms with van der Waals surface area (Å²) >= 11 is 0. The van der Waals surface area contributed by atoms with Gasteiger partial charge >= 0.3 is 12.1 Å². The van der Waals surface area contributed by atoms with Crippen LogP contribution < -0.4 is 5.32 Å². The van der Waals surface area contributed by atoms with E-state index in [-0.39, 0.29) is 0 Å². The third kappa shape index (κ3) is 2.53. The van der Waals surface area contributed by atoms with Gasteiger partial charge in [0.05, 0.1) is 5.56 Å². The summed E-state index contributed by atoms with van der Waals surface area (Å²) < 4.78 is 37.1. The normalized spacial score (nSPS) is 19.7. The number of aliphatic carboxylic acids is 1. The minimum atomic E-state index is -4.36. The van der Waals surface area contributed by atoms with Gasteiger partial charge in [0, 0.05) is 6.54 Å². The maximum absolute atomic E-state index is 12.4. The molecule has 0 radical (unpaired) electrons. The van der Waals surface area contributed by atoms with Crippen molar-refractivity contribution in [3.05, 3.63) is 41.5 Å². The fourth-order valence-electron chi connectivity index (χ4n) is 1.77. The van der Waals surface area contributed by atoms with E-state index in [1.807, 2.05) is 0 Å². The van der Waals surface area contributed by atoms with Gasteiger partial charge < -0.3 is 5.11 Å². The Morgan fingerprint density at radius 1 is 1.28 bits per heavy atom. The number of carboxylic acid groups (broad SMARTS) is 1. The average Bonchev–Trinajstić information content (AvgIpc) is 2.77. The smallest absolute Gasteiger partial charge is 0.416 e. The van der Waals surface area contributed by atoms with E-state index < -0.39 is 23.8 Å². The molecular formula is C12H10F3NO2. The minimum Gasteiger partial charge on any atom is -0.480 e. The van der Waals surface area contributed by atoms with E-state index in [1.165, 1.54) is 18.2 Å². The second-order valence-corrected chi connectivity index (χ2v) is 3.96. The Kier molecular flexibility index (Phi) is 3.13. The van der Waals surface area contributed by atoms with Crippen LogP contribution in [0.1, 0.15) is 11.1 Å². The van der Waals surface area contributed by atoms with Gasteiger partial charge in [-0.1, -0.05) is 18.2 Å². The molecule has 1 aromatic carbocycles. The molecule has 1 aliphatic rings. The van der Waals surface area contributed by atoms with E-state index in [0.717, 1.165) is 12.1 Å². The van der Waals surface area contributed by atoms with Gasteiger partial charge in [0.2, 0.25) is 0 Å². The molecule has 2 N–H and O–H groups in total. The van der Waals surface area contributed by atoms with Crippen LogP contribution in [-0.2, 0) is 11.0 Å². The van der Waals surface area contributed by atoms with Crippen molar-refractivity contribution in [2.75, 3.05) is 6.54 Å². The first kappa shape index (κ1) is 12.6. The van der Waals surface area contributed by atoms with Crippen molar-refractivity contribution in [2.24, 2.45) is 0 Å². The number of alkyl halides is 3. The standard InChI is InChI=1S/C12H10F3NO2/c13-12(14,15)9-3-1-7(2-4-9)8-5-10(11(17)18)16-6-8/h1-5,10,16H,6H2,(H,17,18)/t10-/m0/s1. The fourth-order valence-corrected chi connectivity index (χ4v) is 1.77. The lowest BCUT2D eigenvalue weighted by Gasteiger charge is -2.07. The molecule has 0 aliphatic carbocycles. The van der Waals surface area contributed by atoms with E-state index in [9.17, 15) is 18.0 Å². The molecule has 0 fully saturated rings. The van der Waals surface area contributed by atoms with Crippen LogP contribution in [0.2, 0.25) is 0 Å². The molecule has 0 aromatic heterocycles. The van der Waals surface area contributed by atoms with Gasteiger partial charge in [-0.25, -0.2) is 0 Å². The third-order valence-electron chi connectivity index (χ3n) is 2.73. The van der Waals surface area contributed by atoms with Crippen LogP contribution >= 0.6 is 0 Å². The Hall–Kier alpha value is -1.82. The van der Waals surface area contributed by atoms with Crippen LogP contribution in [0.5, 0.6) is 0 Å².